The molecule has 0 aliphatic carbocycles. The van der Waals surface area contributed by atoms with Gasteiger partial charge in [-0.1, -0.05) is 37.6 Å². The van der Waals surface area contributed by atoms with Crippen molar-refractivity contribution in [1.82, 2.24) is 0 Å². The summed E-state index contributed by atoms with van der Waals surface area (Å²) >= 11 is 5.86. The highest BCUT2D eigenvalue weighted by molar-refractivity contribution is 6.30. The molecule has 1 fully saturated rings. The lowest BCUT2D eigenvalue weighted by Crippen LogP contribution is -2.36. The van der Waals surface area contributed by atoms with Gasteiger partial charge in [0.15, 0.2) is 0 Å². The molecule has 4 heteroatoms. The molecule has 1 saturated heterocycles. The normalized spacial score (nSPS) is 17.2. The van der Waals surface area contributed by atoms with Crippen molar-refractivity contribution in [3.8, 4) is 0 Å². The summed E-state index contributed by atoms with van der Waals surface area (Å²) in [6.07, 6.45) is 1.65. The first-order valence-corrected chi connectivity index (χ1v) is 7.06. The van der Waals surface area contributed by atoms with Crippen LogP contribution in [0, 0.1) is 0 Å². The van der Waals surface area contributed by atoms with Crippen LogP contribution >= 0.6 is 11.6 Å². The molecule has 0 spiro atoms. The minimum atomic E-state index is -0.762. The van der Waals surface area contributed by atoms with E-state index in [1.165, 1.54) is 0 Å². The number of hydrogen-bond donors (Lipinski definition) is 1. The molecule has 1 heterocycles. The zero-order valence-corrected chi connectivity index (χ0v) is 12.2. The Hall–Kier alpha value is -1.06. The van der Waals surface area contributed by atoms with Gasteiger partial charge in [-0.3, -0.25) is 4.79 Å². The third kappa shape index (κ3) is 4.22. The zero-order chi connectivity index (χ0) is 14.3. The van der Waals surface area contributed by atoms with Gasteiger partial charge in [0, 0.05) is 23.7 Å². The molecule has 0 unspecified atom stereocenters. The molecule has 0 radical (unpaired) electrons. The molecular weight excluding hydrogens is 264 g/mol. The SMILES string of the molecule is CC.O=C(O)CC1(c2ccc(Cl)cc2)CCOCC1. The summed E-state index contributed by atoms with van der Waals surface area (Å²) in [4.78, 5) is 11.0. The maximum absolute atomic E-state index is 11.0. The van der Waals surface area contributed by atoms with Gasteiger partial charge in [0.05, 0.1) is 6.42 Å². The van der Waals surface area contributed by atoms with E-state index in [0.29, 0.717) is 18.2 Å². The van der Waals surface area contributed by atoms with E-state index in [0.717, 1.165) is 18.4 Å². The molecule has 1 aromatic rings. The van der Waals surface area contributed by atoms with Crippen LogP contribution < -0.4 is 0 Å². The standard InChI is InChI=1S/C13H15ClO3.C2H6/c14-11-3-1-10(2-4-11)13(9-12(15)16)5-7-17-8-6-13;1-2/h1-4H,5-9H2,(H,15,16);1-2H3. The van der Waals surface area contributed by atoms with Crippen LogP contribution in [0.5, 0.6) is 0 Å². The van der Waals surface area contributed by atoms with Crippen LogP contribution in [0.1, 0.15) is 38.7 Å². The Balaban J connectivity index is 0.000000861. The van der Waals surface area contributed by atoms with E-state index in [9.17, 15) is 4.79 Å². The monoisotopic (exact) mass is 284 g/mol. The van der Waals surface area contributed by atoms with Crippen molar-refractivity contribution in [3.05, 3.63) is 34.9 Å². The van der Waals surface area contributed by atoms with Gasteiger partial charge in [0.1, 0.15) is 0 Å². The largest absolute Gasteiger partial charge is 0.481 e. The lowest BCUT2D eigenvalue weighted by atomic mass is 9.72. The average molecular weight is 285 g/mol. The summed E-state index contributed by atoms with van der Waals surface area (Å²) in [6.45, 7) is 5.24. The van der Waals surface area contributed by atoms with E-state index >= 15 is 0 Å². The second kappa shape index (κ2) is 7.51. The maximum Gasteiger partial charge on any atom is 0.304 e. The average Bonchev–Trinajstić information content (AvgIpc) is 2.42. The lowest BCUT2D eigenvalue weighted by Gasteiger charge is -2.36. The van der Waals surface area contributed by atoms with E-state index < -0.39 is 5.97 Å². The van der Waals surface area contributed by atoms with Crippen LogP contribution in [-0.2, 0) is 14.9 Å². The predicted molar refractivity (Wildman–Crippen MR) is 76.8 cm³/mol. The highest BCUT2D eigenvalue weighted by atomic mass is 35.5. The molecule has 0 amide bonds. The topological polar surface area (TPSA) is 46.5 Å². The highest BCUT2D eigenvalue weighted by Gasteiger charge is 2.36. The van der Waals surface area contributed by atoms with Gasteiger partial charge >= 0.3 is 5.97 Å². The lowest BCUT2D eigenvalue weighted by molar-refractivity contribution is -0.139. The minimum absolute atomic E-state index is 0.151. The Morgan fingerprint density at radius 3 is 2.26 bits per heavy atom. The summed E-state index contributed by atoms with van der Waals surface area (Å²) in [6, 6.07) is 7.49. The molecule has 1 aliphatic heterocycles. The van der Waals surface area contributed by atoms with Crippen molar-refractivity contribution in [2.75, 3.05) is 13.2 Å². The molecule has 3 nitrogen and oxygen atoms in total. The fourth-order valence-electron chi connectivity index (χ4n) is 2.42. The second-order valence-corrected chi connectivity index (χ2v) is 4.91. The van der Waals surface area contributed by atoms with Crippen molar-refractivity contribution in [1.29, 1.82) is 0 Å². The number of carboxylic acid groups (broad SMARTS) is 1. The Bertz CT molecular complexity index is 394. The third-order valence-corrected chi connectivity index (χ3v) is 3.65. The van der Waals surface area contributed by atoms with E-state index in [4.69, 9.17) is 21.4 Å². The zero-order valence-electron chi connectivity index (χ0n) is 11.5. The minimum Gasteiger partial charge on any atom is -0.481 e. The summed E-state index contributed by atoms with van der Waals surface area (Å²) in [5, 5.41) is 9.75. The first-order valence-electron chi connectivity index (χ1n) is 6.68. The Kier molecular flexibility index (Phi) is 6.32. The predicted octanol–water partition coefficient (Wildman–Crippen LogP) is 3.89. The number of rotatable bonds is 3. The first-order chi connectivity index (χ1) is 9.12. The van der Waals surface area contributed by atoms with Crippen molar-refractivity contribution >= 4 is 17.6 Å². The second-order valence-electron chi connectivity index (χ2n) is 4.47. The number of hydrogen-bond acceptors (Lipinski definition) is 2. The van der Waals surface area contributed by atoms with Gasteiger partial charge in [-0.2, -0.15) is 0 Å². The van der Waals surface area contributed by atoms with Crippen molar-refractivity contribution < 1.29 is 14.6 Å². The molecule has 2 rings (SSSR count). The number of halogens is 1. The van der Waals surface area contributed by atoms with Crippen LogP contribution in [0.15, 0.2) is 24.3 Å². The fourth-order valence-corrected chi connectivity index (χ4v) is 2.55. The van der Waals surface area contributed by atoms with E-state index in [1.807, 2.05) is 38.1 Å². The first kappa shape index (κ1) is 16.0. The maximum atomic E-state index is 11.0. The molecule has 1 aliphatic rings. The Labute approximate surface area is 119 Å². The van der Waals surface area contributed by atoms with Crippen LogP contribution in [0.2, 0.25) is 5.02 Å². The van der Waals surface area contributed by atoms with Gasteiger partial charge in [-0.25, -0.2) is 0 Å². The summed E-state index contributed by atoms with van der Waals surface area (Å²) in [7, 11) is 0. The van der Waals surface area contributed by atoms with Crippen molar-refractivity contribution in [2.45, 2.75) is 38.5 Å². The number of aliphatic carboxylic acids is 1. The van der Waals surface area contributed by atoms with Gasteiger partial charge < -0.3 is 9.84 Å². The van der Waals surface area contributed by atoms with Crippen LogP contribution in [0.3, 0.4) is 0 Å². The molecular formula is C15H21ClO3. The molecule has 106 valence electrons. The van der Waals surface area contributed by atoms with Crippen molar-refractivity contribution in [2.24, 2.45) is 0 Å². The van der Waals surface area contributed by atoms with Gasteiger partial charge in [-0.15, -0.1) is 0 Å². The fraction of sp³-hybridized carbons (Fsp3) is 0.533. The van der Waals surface area contributed by atoms with E-state index in [1.54, 1.807) is 0 Å². The summed E-state index contributed by atoms with van der Waals surface area (Å²) < 4.78 is 5.33. The molecule has 0 aromatic heterocycles. The Morgan fingerprint density at radius 2 is 1.79 bits per heavy atom. The Morgan fingerprint density at radius 1 is 1.26 bits per heavy atom. The number of carboxylic acids is 1. The quantitative estimate of drug-likeness (QED) is 0.916. The smallest absolute Gasteiger partial charge is 0.304 e. The van der Waals surface area contributed by atoms with Crippen LogP contribution in [0.25, 0.3) is 0 Å². The van der Waals surface area contributed by atoms with Gasteiger partial charge in [0.2, 0.25) is 0 Å². The van der Waals surface area contributed by atoms with Crippen LogP contribution in [-0.4, -0.2) is 24.3 Å². The molecule has 1 N–H and O–H groups in total. The molecule has 0 bridgehead atoms. The molecule has 0 saturated carbocycles. The highest BCUT2D eigenvalue weighted by Crippen LogP contribution is 2.38. The summed E-state index contributed by atoms with van der Waals surface area (Å²) in [5.74, 6) is -0.762. The van der Waals surface area contributed by atoms with Gasteiger partial charge in [-0.05, 0) is 30.5 Å². The third-order valence-electron chi connectivity index (χ3n) is 3.40. The van der Waals surface area contributed by atoms with Crippen molar-refractivity contribution in [3.63, 3.8) is 0 Å². The van der Waals surface area contributed by atoms with Gasteiger partial charge in [0.25, 0.3) is 0 Å². The van der Waals surface area contributed by atoms with E-state index in [2.05, 4.69) is 0 Å². The molecule has 19 heavy (non-hydrogen) atoms. The number of carbonyl (C=O) groups is 1. The molecule has 1 aromatic carbocycles. The van der Waals surface area contributed by atoms with Crippen LogP contribution in [0.4, 0.5) is 0 Å². The summed E-state index contributed by atoms with van der Waals surface area (Å²) in [5.41, 5.74) is 0.752. The van der Waals surface area contributed by atoms with E-state index in [-0.39, 0.29) is 11.8 Å². The number of ether oxygens (including phenoxy) is 1. The number of benzene rings is 1. The molecule has 0 atom stereocenters.